The zero-order valence-electron chi connectivity index (χ0n) is 18.0. The van der Waals surface area contributed by atoms with E-state index in [0.29, 0.717) is 16.5 Å². The maximum atomic E-state index is 12.4. The third-order valence-corrected chi connectivity index (χ3v) is 5.72. The summed E-state index contributed by atoms with van der Waals surface area (Å²) in [6.45, 7) is 2.19. The highest BCUT2D eigenvalue weighted by Gasteiger charge is 2.18. The summed E-state index contributed by atoms with van der Waals surface area (Å²) in [5, 5.41) is 11.5. The van der Waals surface area contributed by atoms with Crippen LogP contribution in [0.4, 0.5) is 0 Å². The number of hydrogen-bond acceptors (Lipinski definition) is 6. The molecule has 0 radical (unpaired) electrons. The summed E-state index contributed by atoms with van der Waals surface area (Å²) in [7, 11) is 0. The van der Waals surface area contributed by atoms with Crippen molar-refractivity contribution in [3.05, 3.63) is 102 Å². The molecule has 3 aromatic carbocycles. The topological polar surface area (TPSA) is 86.1 Å². The second-order valence-electron chi connectivity index (χ2n) is 7.16. The minimum Gasteiger partial charge on any atom is -0.485 e. The van der Waals surface area contributed by atoms with Crippen LogP contribution in [0.1, 0.15) is 21.7 Å². The lowest BCUT2D eigenvalue weighted by molar-refractivity contribution is -0.117. The van der Waals surface area contributed by atoms with Gasteiger partial charge in [0.05, 0.1) is 5.75 Å². The van der Waals surface area contributed by atoms with Gasteiger partial charge in [0, 0.05) is 11.3 Å². The maximum Gasteiger partial charge on any atom is 0.257 e. The summed E-state index contributed by atoms with van der Waals surface area (Å²) in [4.78, 5) is 24.6. The van der Waals surface area contributed by atoms with E-state index in [1.807, 2.05) is 72.2 Å². The number of imide groups is 1. The van der Waals surface area contributed by atoms with Crippen molar-refractivity contribution in [2.45, 2.75) is 18.7 Å². The van der Waals surface area contributed by atoms with E-state index < -0.39 is 11.8 Å². The Balaban J connectivity index is 1.48. The number of benzene rings is 3. The van der Waals surface area contributed by atoms with Crippen LogP contribution in [-0.4, -0.2) is 32.3 Å². The predicted octanol–water partition coefficient (Wildman–Crippen LogP) is 4.20. The van der Waals surface area contributed by atoms with Gasteiger partial charge in [-0.2, -0.15) is 0 Å². The Bertz CT molecular complexity index is 1240. The van der Waals surface area contributed by atoms with E-state index >= 15 is 0 Å². The average Bonchev–Trinajstić information content (AvgIpc) is 3.26. The Labute approximate surface area is 195 Å². The first-order valence-electron chi connectivity index (χ1n) is 10.3. The van der Waals surface area contributed by atoms with Gasteiger partial charge in [0.2, 0.25) is 5.91 Å². The van der Waals surface area contributed by atoms with Crippen LogP contribution in [0, 0.1) is 6.92 Å². The monoisotopic (exact) mass is 458 g/mol. The molecule has 7 nitrogen and oxygen atoms in total. The molecule has 0 aliphatic carbocycles. The summed E-state index contributed by atoms with van der Waals surface area (Å²) < 4.78 is 7.83. The molecule has 0 fully saturated rings. The highest BCUT2D eigenvalue weighted by Crippen LogP contribution is 2.24. The molecular formula is C25H22N4O3S. The van der Waals surface area contributed by atoms with Crippen molar-refractivity contribution in [1.29, 1.82) is 0 Å². The van der Waals surface area contributed by atoms with Crippen LogP contribution in [0.3, 0.4) is 0 Å². The van der Waals surface area contributed by atoms with E-state index in [9.17, 15) is 9.59 Å². The Morgan fingerprint density at radius 3 is 2.30 bits per heavy atom. The maximum absolute atomic E-state index is 12.4. The van der Waals surface area contributed by atoms with Gasteiger partial charge in [-0.25, -0.2) is 0 Å². The molecule has 2 amide bonds. The minimum absolute atomic E-state index is 0.0161. The number of carbonyl (C=O) groups excluding carboxylic acids is 2. The second-order valence-corrected chi connectivity index (χ2v) is 8.10. The van der Waals surface area contributed by atoms with Gasteiger partial charge in [-0.05, 0) is 42.8 Å². The molecule has 0 saturated heterocycles. The van der Waals surface area contributed by atoms with Crippen LogP contribution in [-0.2, 0) is 11.4 Å². The van der Waals surface area contributed by atoms with Crippen molar-refractivity contribution in [2.75, 3.05) is 5.75 Å². The number of ether oxygens (including phenoxy) is 1. The number of aryl methyl sites for hydroxylation is 1. The molecular weight excluding hydrogens is 436 g/mol. The molecule has 166 valence electrons. The lowest BCUT2D eigenvalue weighted by Gasteiger charge is -2.12. The molecule has 33 heavy (non-hydrogen) atoms. The first-order valence-corrected chi connectivity index (χ1v) is 11.3. The zero-order valence-corrected chi connectivity index (χ0v) is 18.8. The fourth-order valence-electron chi connectivity index (χ4n) is 3.14. The molecule has 0 atom stereocenters. The van der Waals surface area contributed by atoms with Gasteiger partial charge in [0.1, 0.15) is 12.4 Å². The number of rotatable bonds is 8. The largest absolute Gasteiger partial charge is 0.485 e. The average molecular weight is 459 g/mol. The van der Waals surface area contributed by atoms with Gasteiger partial charge in [-0.15, -0.1) is 10.2 Å². The van der Waals surface area contributed by atoms with Gasteiger partial charge in [0.15, 0.2) is 11.0 Å². The molecule has 0 aliphatic rings. The Morgan fingerprint density at radius 1 is 0.909 bits per heavy atom. The van der Waals surface area contributed by atoms with Crippen molar-refractivity contribution >= 4 is 23.6 Å². The number of nitrogens with zero attached hydrogens (tertiary/aromatic N) is 3. The molecule has 0 aliphatic heterocycles. The number of carbonyl (C=O) groups is 2. The van der Waals surface area contributed by atoms with Crippen LogP contribution < -0.4 is 10.1 Å². The highest BCUT2D eigenvalue weighted by molar-refractivity contribution is 7.99. The number of nitrogens with one attached hydrogen (secondary N) is 1. The van der Waals surface area contributed by atoms with E-state index in [1.165, 1.54) is 11.8 Å². The van der Waals surface area contributed by atoms with Gasteiger partial charge in [0.25, 0.3) is 5.91 Å². The van der Waals surface area contributed by atoms with E-state index in [4.69, 9.17) is 4.74 Å². The van der Waals surface area contributed by atoms with Gasteiger partial charge in [-0.3, -0.25) is 19.5 Å². The molecule has 0 saturated carbocycles. The van der Waals surface area contributed by atoms with Crippen LogP contribution in [0.25, 0.3) is 5.69 Å². The predicted molar refractivity (Wildman–Crippen MR) is 127 cm³/mol. The van der Waals surface area contributed by atoms with E-state index in [0.717, 1.165) is 17.0 Å². The molecule has 4 rings (SSSR count). The zero-order chi connectivity index (χ0) is 23.0. The molecule has 0 bridgehead atoms. The molecule has 4 aromatic rings. The quantitative estimate of drug-likeness (QED) is 0.398. The highest BCUT2D eigenvalue weighted by atomic mass is 32.2. The number of amides is 2. The summed E-state index contributed by atoms with van der Waals surface area (Å²) in [5.41, 5.74) is 2.31. The normalized spacial score (nSPS) is 10.6. The first kappa shape index (κ1) is 22.3. The molecule has 1 aromatic heterocycles. The van der Waals surface area contributed by atoms with Crippen molar-refractivity contribution in [2.24, 2.45) is 0 Å². The number of aromatic nitrogens is 3. The molecule has 0 spiro atoms. The van der Waals surface area contributed by atoms with E-state index in [2.05, 4.69) is 15.5 Å². The standard InChI is InChI=1S/C25H22N4O3S/c1-18-10-8-9-15-21(18)32-16-22-27-28-25(29(22)20-13-6-3-7-14-20)33-17-23(30)26-24(31)19-11-4-2-5-12-19/h2-15H,16-17H2,1H3,(H,26,30,31). The van der Waals surface area contributed by atoms with Gasteiger partial charge < -0.3 is 4.74 Å². The van der Waals surface area contributed by atoms with E-state index in [-0.39, 0.29) is 12.4 Å². The van der Waals surface area contributed by atoms with Crippen molar-refractivity contribution in [3.8, 4) is 11.4 Å². The summed E-state index contributed by atoms with van der Waals surface area (Å²) >= 11 is 1.20. The third-order valence-electron chi connectivity index (χ3n) is 4.79. The fraction of sp³-hybridized carbons (Fsp3) is 0.120. The second kappa shape index (κ2) is 10.6. The Morgan fingerprint density at radius 2 is 1.58 bits per heavy atom. The van der Waals surface area contributed by atoms with Crippen LogP contribution in [0.15, 0.2) is 90.1 Å². The summed E-state index contributed by atoms with van der Waals surface area (Å²) in [5.74, 6) is 0.551. The Kier molecular flexibility index (Phi) is 7.16. The molecule has 8 heteroatoms. The summed E-state index contributed by atoms with van der Waals surface area (Å²) in [6.07, 6.45) is 0. The van der Waals surface area contributed by atoms with Crippen LogP contribution >= 0.6 is 11.8 Å². The first-order chi connectivity index (χ1) is 16.1. The van der Waals surface area contributed by atoms with Crippen LogP contribution in [0.5, 0.6) is 5.75 Å². The number of para-hydroxylation sites is 2. The Hall–Kier alpha value is -3.91. The summed E-state index contributed by atoms with van der Waals surface area (Å²) in [6, 6.07) is 26.0. The fourth-order valence-corrected chi connectivity index (χ4v) is 3.91. The van der Waals surface area contributed by atoms with Gasteiger partial charge >= 0.3 is 0 Å². The number of hydrogen-bond donors (Lipinski definition) is 1. The van der Waals surface area contributed by atoms with Crippen molar-refractivity contribution in [3.63, 3.8) is 0 Å². The molecule has 1 heterocycles. The third kappa shape index (κ3) is 5.67. The molecule has 0 unspecified atom stereocenters. The van der Waals surface area contributed by atoms with Crippen molar-refractivity contribution in [1.82, 2.24) is 20.1 Å². The lowest BCUT2D eigenvalue weighted by Crippen LogP contribution is -2.31. The van der Waals surface area contributed by atoms with Crippen LogP contribution in [0.2, 0.25) is 0 Å². The lowest BCUT2D eigenvalue weighted by atomic mass is 10.2. The minimum atomic E-state index is -0.432. The van der Waals surface area contributed by atoms with E-state index in [1.54, 1.807) is 24.3 Å². The SMILES string of the molecule is Cc1ccccc1OCc1nnc(SCC(=O)NC(=O)c2ccccc2)n1-c1ccccc1. The van der Waals surface area contributed by atoms with Gasteiger partial charge in [-0.1, -0.05) is 66.4 Å². The molecule has 1 N–H and O–H groups in total. The number of thioether (sulfide) groups is 1. The smallest absolute Gasteiger partial charge is 0.257 e. The van der Waals surface area contributed by atoms with Crippen molar-refractivity contribution < 1.29 is 14.3 Å².